The van der Waals surface area contributed by atoms with Crippen LogP contribution in [0.15, 0.2) is 89.8 Å². The fourth-order valence-corrected chi connectivity index (χ4v) is 6.31. The van der Waals surface area contributed by atoms with Crippen molar-refractivity contribution in [1.29, 1.82) is 0 Å². The third-order valence-electron chi connectivity index (χ3n) is 6.47. The molecule has 4 rings (SSSR count). The Morgan fingerprint density at radius 2 is 1.37 bits per heavy atom. The molecule has 1 aliphatic heterocycles. The summed E-state index contributed by atoms with van der Waals surface area (Å²) in [6, 6.07) is 27.2. The van der Waals surface area contributed by atoms with Crippen molar-refractivity contribution in [3.63, 3.8) is 0 Å². The first kappa shape index (κ1) is 27.9. The number of thiocarbonyl (C=S) groups is 1. The van der Waals surface area contributed by atoms with E-state index in [9.17, 15) is 13.2 Å². The van der Waals surface area contributed by atoms with E-state index in [4.69, 9.17) is 12.2 Å². The predicted octanol–water partition coefficient (Wildman–Crippen LogP) is 4.64. The maximum absolute atomic E-state index is 13.4. The van der Waals surface area contributed by atoms with Crippen molar-refractivity contribution in [1.82, 2.24) is 14.5 Å². The first-order valence-corrected chi connectivity index (χ1v) is 14.6. The van der Waals surface area contributed by atoms with Crippen LogP contribution in [0, 0.1) is 5.92 Å². The van der Waals surface area contributed by atoms with Gasteiger partial charge in [0.25, 0.3) is 0 Å². The van der Waals surface area contributed by atoms with E-state index in [0.29, 0.717) is 38.3 Å². The van der Waals surface area contributed by atoms with E-state index in [2.05, 4.69) is 39.8 Å². The number of sulfonamides is 1. The summed E-state index contributed by atoms with van der Waals surface area (Å²) in [7, 11) is -3.64. The predicted molar refractivity (Wildman–Crippen MR) is 155 cm³/mol. The molecule has 0 bridgehead atoms. The zero-order chi connectivity index (χ0) is 27.1. The molecule has 2 N–H and O–H groups in total. The molecular formula is C29H34N4O3S2. The van der Waals surface area contributed by atoms with Gasteiger partial charge in [0.15, 0.2) is 5.11 Å². The molecule has 1 aliphatic rings. The lowest BCUT2D eigenvalue weighted by Crippen LogP contribution is -2.49. The molecule has 1 heterocycles. The number of piperazine rings is 1. The highest BCUT2D eigenvalue weighted by Crippen LogP contribution is 2.30. The minimum atomic E-state index is -3.64. The SMILES string of the molecule is CC(C)CC(=O)NC(=S)Nc1ccc(S(=O)(=O)N2CCN(C(c3ccccc3)c3ccccc3)CC2)cc1. The molecule has 3 aromatic carbocycles. The lowest BCUT2D eigenvalue weighted by molar-refractivity contribution is -0.120. The summed E-state index contributed by atoms with van der Waals surface area (Å²) in [4.78, 5) is 14.5. The summed E-state index contributed by atoms with van der Waals surface area (Å²) >= 11 is 5.20. The Balaban J connectivity index is 1.40. The number of nitrogens with zero attached hydrogens (tertiary/aromatic N) is 2. The molecule has 0 spiro atoms. The Kier molecular flexibility index (Phi) is 9.27. The molecule has 1 fully saturated rings. The molecule has 0 aromatic heterocycles. The van der Waals surface area contributed by atoms with E-state index in [1.54, 1.807) is 28.6 Å². The first-order valence-electron chi connectivity index (χ1n) is 12.8. The summed E-state index contributed by atoms with van der Waals surface area (Å²) in [5.74, 6) is 0.0735. The molecule has 0 atom stereocenters. The van der Waals surface area contributed by atoms with E-state index in [-0.39, 0.29) is 27.9 Å². The number of rotatable bonds is 8. The van der Waals surface area contributed by atoms with Crippen molar-refractivity contribution in [3.05, 3.63) is 96.1 Å². The van der Waals surface area contributed by atoms with Gasteiger partial charge in [-0.25, -0.2) is 8.42 Å². The highest BCUT2D eigenvalue weighted by Gasteiger charge is 2.32. The molecule has 38 heavy (non-hydrogen) atoms. The van der Waals surface area contributed by atoms with Crippen molar-refractivity contribution < 1.29 is 13.2 Å². The van der Waals surface area contributed by atoms with Gasteiger partial charge in [0.1, 0.15) is 0 Å². The number of hydrogen-bond acceptors (Lipinski definition) is 5. The second-order valence-electron chi connectivity index (χ2n) is 9.79. The van der Waals surface area contributed by atoms with Crippen LogP contribution in [-0.2, 0) is 14.8 Å². The Morgan fingerprint density at radius 3 is 1.87 bits per heavy atom. The van der Waals surface area contributed by atoms with E-state index >= 15 is 0 Å². The number of carbonyl (C=O) groups is 1. The largest absolute Gasteiger partial charge is 0.332 e. The number of anilines is 1. The van der Waals surface area contributed by atoms with Gasteiger partial charge in [-0.15, -0.1) is 0 Å². The first-order chi connectivity index (χ1) is 18.2. The number of benzene rings is 3. The van der Waals surface area contributed by atoms with Crippen molar-refractivity contribution in [2.75, 3.05) is 31.5 Å². The Hall–Kier alpha value is -3.11. The van der Waals surface area contributed by atoms with Gasteiger partial charge in [0.05, 0.1) is 10.9 Å². The fourth-order valence-electron chi connectivity index (χ4n) is 4.66. The van der Waals surface area contributed by atoms with Crippen LogP contribution in [0.2, 0.25) is 0 Å². The molecule has 1 amide bonds. The zero-order valence-electron chi connectivity index (χ0n) is 21.7. The Bertz CT molecular complexity index is 1280. The van der Waals surface area contributed by atoms with Gasteiger partial charge in [-0.05, 0) is 53.5 Å². The van der Waals surface area contributed by atoms with Crippen LogP contribution >= 0.6 is 12.2 Å². The minimum absolute atomic E-state index is 0.0671. The van der Waals surface area contributed by atoms with Crippen molar-refractivity contribution in [3.8, 4) is 0 Å². The fraction of sp³-hybridized carbons (Fsp3) is 0.310. The van der Waals surface area contributed by atoms with Crippen LogP contribution in [0.4, 0.5) is 5.69 Å². The summed E-state index contributed by atoms with van der Waals surface area (Å²) in [5.41, 5.74) is 2.99. The molecule has 0 unspecified atom stereocenters. The maximum atomic E-state index is 13.4. The van der Waals surface area contributed by atoms with Crippen molar-refractivity contribution >= 4 is 38.9 Å². The van der Waals surface area contributed by atoms with Crippen LogP contribution in [0.25, 0.3) is 0 Å². The van der Waals surface area contributed by atoms with Crippen LogP contribution < -0.4 is 10.6 Å². The van der Waals surface area contributed by atoms with Gasteiger partial charge >= 0.3 is 0 Å². The van der Waals surface area contributed by atoms with Crippen molar-refractivity contribution in [2.45, 2.75) is 31.2 Å². The standard InChI is InChI=1S/C29H34N4O3S2/c1-22(2)21-27(34)31-29(37)30-25-13-15-26(16-14-25)38(35,36)33-19-17-32(18-20-33)28(23-9-5-3-6-10-23)24-11-7-4-8-12-24/h3-16,22,28H,17-21H2,1-2H3,(H2,30,31,34,37). The average Bonchev–Trinajstić information content (AvgIpc) is 2.90. The second kappa shape index (κ2) is 12.6. The number of nitrogens with one attached hydrogen (secondary N) is 2. The van der Waals surface area contributed by atoms with E-state index in [0.717, 1.165) is 0 Å². The molecule has 9 heteroatoms. The summed E-state index contributed by atoms with van der Waals surface area (Å²) in [6.45, 7) is 5.98. The van der Waals surface area contributed by atoms with Gasteiger partial charge in [-0.2, -0.15) is 4.31 Å². The molecular weight excluding hydrogens is 516 g/mol. The smallest absolute Gasteiger partial charge is 0.243 e. The molecule has 0 saturated carbocycles. The molecule has 1 saturated heterocycles. The van der Waals surface area contributed by atoms with Gasteiger partial charge in [-0.3, -0.25) is 9.69 Å². The molecule has 3 aromatic rings. The number of hydrogen-bond donors (Lipinski definition) is 2. The van der Waals surface area contributed by atoms with Gasteiger partial charge in [0, 0.05) is 38.3 Å². The zero-order valence-corrected chi connectivity index (χ0v) is 23.3. The van der Waals surface area contributed by atoms with Gasteiger partial charge in [-0.1, -0.05) is 74.5 Å². The highest BCUT2D eigenvalue weighted by molar-refractivity contribution is 7.89. The highest BCUT2D eigenvalue weighted by atomic mass is 32.2. The topological polar surface area (TPSA) is 81.8 Å². The molecule has 200 valence electrons. The Labute approximate surface area is 230 Å². The van der Waals surface area contributed by atoms with Crippen molar-refractivity contribution in [2.24, 2.45) is 5.92 Å². The maximum Gasteiger partial charge on any atom is 0.243 e. The average molecular weight is 551 g/mol. The summed E-state index contributed by atoms with van der Waals surface area (Å²) in [5, 5.41) is 5.77. The van der Waals surface area contributed by atoms with Crippen LogP contribution in [0.1, 0.15) is 37.4 Å². The summed E-state index contributed by atoms with van der Waals surface area (Å²) < 4.78 is 28.3. The van der Waals surface area contributed by atoms with E-state index in [1.807, 2.05) is 50.2 Å². The van der Waals surface area contributed by atoms with Crippen LogP contribution in [-0.4, -0.2) is 54.8 Å². The minimum Gasteiger partial charge on any atom is -0.332 e. The second-order valence-corrected chi connectivity index (χ2v) is 12.1. The third kappa shape index (κ3) is 7.05. The van der Waals surface area contributed by atoms with Crippen LogP contribution in [0.5, 0.6) is 0 Å². The van der Waals surface area contributed by atoms with Crippen LogP contribution in [0.3, 0.4) is 0 Å². The monoisotopic (exact) mass is 550 g/mol. The quantitative estimate of drug-likeness (QED) is 0.398. The van der Waals surface area contributed by atoms with E-state index < -0.39 is 10.0 Å². The van der Waals surface area contributed by atoms with E-state index in [1.165, 1.54) is 11.1 Å². The normalized spacial score (nSPS) is 14.9. The van der Waals surface area contributed by atoms with Gasteiger partial charge < -0.3 is 10.6 Å². The van der Waals surface area contributed by atoms with Gasteiger partial charge in [0.2, 0.25) is 15.9 Å². The lowest BCUT2D eigenvalue weighted by Gasteiger charge is -2.39. The number of amides is 1. The summed E-state index contributed by atoms with van der Waals surface area (Å²) in [6.07, 6.45) is 0.379. The lowest BCUT2D eigenvalue weighted by atomic mass is 9.96. The Morgan fingerprint density at radius 1 is 0.842 bits per heavy atom. The molecule has 7 nitrogen and oxygen atoms in total. The molecule has 0 radical (unpaired) electrons. The molecule has 0 aliphatic carbocycles. The third-order valence-corrected chi connectivity index (χ3v) is 8.58. The number of carbonyl (C=O) groups excluding carboxylic acids is 1.